The van der Waals surface area contributed by atoms with Crippen molar-refractivity contribution in [2.24, 2.45) is 0 Å². The summed E-state index contributed by atoms with van der Waals surface area (Å²) in [5, 5.41) is 15.8. The summed E-state index contributed by atoms with van der Waals surface area (Å²) < 4.78 is 18.0. The molecule has 2 aliphatic rings. The maximum atomic E-state index is 13.6. The van der Waals surface area contributed by atoms with Crippen molar-refractivity contribution in [3.63, 3.8) is 0 Å². The van der Waals surface area contributed by atoms with Gasteiger partial charge in [0.1, 0.15) is 18.8 Å². The lowest BCUT2D eigenvalue weighted by Gasteiger charge is -2.31. The Bertz CT molecular complexity index is 1740. The number of aliphatic hydroxyl groups is 1. The molecule has 3 aromatic heterocycles. The number of cyclic esters (lactones) is 1. The van der Waals surface area contributed by atoms with E-state index in [1.165, 1.54) is 0 Å². The number of ether oxygens (including phenoxy) is 2. The number of aromatic nitrogens is 2. The van der Waals surface area contributed by atoms with Crippen LogP contribution in [0.15, 0.2) is 39.7 Å². The van der Waals surface area contributed by atoms with E-state index < -0.39 is 17.2 Å². The average Bonchev–Trinajstić information content (AvgIpc) is 3.52. The van der Waals surface area contributed by atoms with E-state index in [0.29, 0.717) is 22.5 Å². The highest BCUT2D eigenvalue weighted by Crippen LogP contribution is 2.41. The summed E-state index contributed by atoms with van der Waals surface area (Å²) in [5.74, 6) is -1.04. The van der Waals surface area contributed by atoms with Crippen molar-refractivity contribution in [3.8, 4) is 11.4 Å². The average molecular weight is 532 g/mol. The summed E-state index contributed by atoms with van der Waals surface area (Å²) >= 11 is 0. The van der Waals surface area contributed by atoms with Crippen LogP contribution in [0.1, 0.15) is 56.4 Å². The van der Waals surface area contributed by atoms with E-state index in [9.17, 15) is 19.5 Å². The zero-order chi connectivity index (χ0) is 27.7. The van der Waals surface area contributed by atoms with E-state index in [0.717, 1.165) is 21.9 Å². The van der Waals surface area contributed by atoms with Crippen molar-refractivity contribution < 1.29 is 28.6 Å². The molecule has 2 aliphatic heterocycles. The van der Waals surface area contributed by atoms with Crippen LogP contribution in [0.25, 0.3) is 33.3 Å². The Morgan fingerprint density at radius 3 is 2.77 bits per heavy atom. The van der Waals surface area contributed by atoms with Crippen molar-refractivity contribution in [2.75, 3.05) is 6.61 Å². The van der Waals surface area contributed by atoms with Gasteiger partial charge in [-0.1, -0.05) is 6.92 Å². The smallest absolute Gasteiger partial charge is 0.343 e. The largest absolute Gasteiger partial charge is 0.464 e. The fourth-order valence-corrected chi connectivity index (χ4v) is 5.43. The number of nitrogens with zero attached hydrogens (tertiary/aromatic N) is 2. The van der Waals surface area contributed by atoms with Gasteiger partial charge in [0.2, 0.25) is 5.91 Å². The molecule has 10 heteroatoms. The van der Waals surface area contributed by atoms with Crippen molar-refractivity contribution in [1.82, 2.24) is 14.9 Å². The Morgan fingerprint density at radius 1 is 1.23 bits per heavy atom. The number of furan rings is 1. The van der Waals surface area contributed by atoms with Crippen LogP contribution in [0.3, 0.4) is 0 Å². The predicted octanol–water partition coefficient (Wildman–Crippen LogP) is 3.26. The van der Waals surface area contributed by atoms with Crippen LogP contribution in [0.5, 0.6) is 0 Å². The van der Waals surface area contributed by atoms with Gasteiger partial charge in [0.25, 0.3) is 5.56 Å². The first-order valence-electron chi connectivity index (χ1n) is 12.9. The molecule has 0 unspecified atom stereocenters. The molecular formula is C29H29N3O7. The summed E-state index contributed by atoms with van der Waals surface area (Å²) in [6, 6.07) is 7.21. The number of amides is 1. The second kappa shape index (κ2) is 8.75. The molecule has 0 saturated carbocycles. The van der Waals surface area contributed by atoms with E-state index >= 15 is 0 Å². The quantitative estimate of drug-likeness (QED) is 0.330. The number of rotatable bonds is 5. The third-order valence-corrected chi connectivity index (χ3v) is 7.50. The van der Waals surface area contributed by atoms with Crippen LogP contribution < -0.4 is 10.9 Å². The number of fused-ring (bicyclic) bond motifs is 7. The van der Waals surface area contributed by atoms with E-state index in [-0.39, 0.29) is 55.3 Å². The van der Waals surface area contributed by atoms with Gasteiger partial charge in [-0.2, -0.15) is 0 Å². The molecule has 0 spiro atoms. The molecule has 0 aliphatic carbocycles. The minimum Gasteiger partial charge on any atom is -0.464 e. The molecule has 202 valence electrons. The van der Waals surface area contributed by atoms with Gasteiger partial charge in [-0.3, -0.25) is 9.59 Å². The Labute approximate surface area is 223 Å². The van der Waals surface area contributed by atoms with Gasteiger partial charge < -0.3 is 28.9 Å². The number of hydrogen-bond donors (Lipinski definition) is 2. The van der Waals surface area contributed by atoms with E-state index in [2.05, 4.69) is 5.32 Å². The van der Waals surface area contributed by atoms with Crippen molar-refractivity contribution >= 4 is 33.7 Å². The highest BCUT2D eigenvalue weighted by atomic mass is 16.6. The van der Waals surface area contributed by atoms with Crippen LogP contribution >= 0.6 is 0 Å². The third kappa shape index (κ3) is 3.93. The van der Waals surface area contributed by atoms with Crippen LogP contribution in [-0.4, -0.2) is 38.7 Å². The first-order chi connectivity index (χ1) is 18.5. The van der Waals surface area contributed by atoms with Gasteiger partial charge in [0.05, 0.1) is 40.9 Å². The lowest BCUT2D eigenvalue weighted by Crippen LogP contribution is -2.44. The van der Waals surface area contributed by atoms with Gasteiger partial charge >= 0.3 is 5.97 Å². The molecule has 0 fully saturated rings. The fourth-order valence-electron chi connectivity index (χ4n) is 5.43. The highest BCUT2D eigenvalue weighted by molar-refractivity contribution is 6.07. The molecule has 4 aromatic rings. The molecule has 1 atom stereocenters. The SMILES string of the molecule is CC[C@@]1(O)C(=O)OCc2c1cc1n(c2=O)Cc2c-1nc1ccc3occc3c1c2CNC(=O)COC(C)(C)C. The lowest BCUT2D eigenvalue weighted by atomic mass is 9.86. The molecule has 6 rings (SSSR count). The molecule has 1 aromatic carbocycles. The summed E-state index contributed by atoms with van der Waals surface area (Å²) in [6.45, 7) is 7.42. The molecule has 0 saturated heterocycles. The van der Waals surface area contributed by atoms with Gasteiger partial charge in [-0.05, 0) is 57.0 Å². The second-order valence-corrected chi connectivity index (χ2v) is 11.0. The monoisotopic (exact) mass is 531 g/mol. The maximum absolute atomic E-state index is 13.6. The number of pyridine rings is 2. The predicted molar refractivity (Wildman–Crippen MR) is 142 cm³/mol. The van der Waals surface area contributed by atoms with Crippen LogP contribution in [0.4, 0.5) is 0 Å². The maximum Gasteiger partial charge on any atom is 0.343 e. The number of hydrogen-bond acceptors (Lipinski definition) is 8. The van der Waals surface area contributed by atoms with Crippen molar-refractivity contribution in [2.45, 2.75) is 65.0 Å². The number of carbonyl (C=O) groups is 2. The molecule has 0 bridgehead atoms. The lowest BCUT2D eigenvalue weighted by molar-refractivity contribution is -0.172. The van der Waals surface area contributed by atoms with Gasteiger partial charge in [0, 0.05) is 28.4 Å². The zero-order valence-electron chi connectivity index (χ0n) is 22.2. The second-order valence-electron chi connectivity index (χ2n) is 11.0. The Balaban J connectivity index is 1.52. The van der Waals surface area contributed by atoms with Crippen molar-refractivity contribution in [3.05, 3.63) is 63.1 Å². The normalized spacial score (nSPS) is 18.1. The van der Waals surface area contributed by atoms with E-state index in [1.807, 2.05) is 39.0 Å². The first-order valence-corrected chi connectivity index (χ1v) is 12.9. The molecule has 2 N–H and O–H groups in total. The highest BCUT2D eigenvalue weighted by Gasteiger charge is 2.45. The standard InChI is InChI=1S/C29H29N3O7/c1-5-29(36)19-10-21-25-17(12-32(21)26(34)18(19)13-38-27(29)35)16(11-30-23(33)14-39-28(2,3)4)24-15-8-9-37-22(15)7-6-20(24)31-25/h6-10,36H,5,11-14H2,1-4H3,(H,30,33)/t29-/m0/s1. The number of benzene rings is 1. The Kier molecular flexibility index (Phi) is 5.67. The van der Waals surface area contributed by atoms with Gasteiger partial charge in [-0.15, -0.1) is 0 Å². The molecule has 0 radical (unpaired) electrons. The topological polar surface area (TPSA) is 133 Å². The minimum atomic E-state index is -1.91. The molecule has 5 heterocycles. The fraction of sp³-hybridized carbons (Fsp3) is 0.379. The van der Waals surface area contributed by atoms with Crippen LogP contribution in [0.2, 0.25) is 0 Å². The molecule has 10 nitrogen and oxygen atoms in total. The van der Waals surface area contributed by atoms with E-state index in [4.69, 9.17) is 18.9 Å². The molecular weight excluding hydrogens is 502 g/mol. The third-order valence-electron chi connectivity index (χ3n) is 7.50. The van der Waals surface area contributed by atoms with Gasteiger partial charge in [0.15, 0.2) is 5.60 Å². The molecule has 1 amide bonds. The Morgan fingerprint density at radius 2 is 2.03 bits per heavy atom. The summed E-state index contributed by atoms with van der Waals surface area (Å²) in [5.41, 5.74) is 1.81. The molecule has 39 heavy (non-hydrogen) atoms. The number of carbonyl (C=O) groups excluding carboxylic acids is 2. The van der Waals surface area contributed by atoms with Gasteiger partial charge in [-0.25, -0.2) is 9.78 Å². The number of nitrogens with one attached hydrogen (secondary N) is 1. The Hall–Kier alpha value is -4.02. The van der Waals surface area contributed by atoms with Crippen LogP contribution in [0, 0.1) is 0 Å². The van der Waals surface area contributed by atoms with Crippen LogP contribution in [-0.2, 0) is 44.4 Å². The summed E-state index contributed by atoms with van der Waals surface area (Å²) in [4.78, 5) is 43.8. The first kappa shape index (κ1) is 25.3. The summed E-state index contributed by atoms with van der Waals surface area (Å²) in [7, 11) is 0. The number of esters is 1. The minimum absolute atomic E-state index is 0.0616. The summed E-state index contributed by atoms with van der Waals surface area (Å²) in [6.07, 6.45) is 1.67. The zero-order valence-corrected chi connectivity index (χ0v) is 22.2. The van der Waals surface area contributed by atoms with Crippen molar-refractivity contribution in [1.29, 1.82) is 0 Å². The van der Waals surface area contributed by atoms with E-state index in [1.54, 1.807) is 23.8 Å².